The molecule has 114 valence electrons. The normalized spacial score (nSPS) is 26.3. The molecule has 4 nitrogen and oxygen atoms in total. The van der Waals surface area contributed by atoms with Crippen LogP contribution in [0.2, 0.25) is 0 Å². The summed E-state index contributed by atoms with van der Waals surface area (Å²) in [6.45, 7) is 2.85. The van der Waals surface area contributed by atoms with Gasteiger partial charge >= 0.3 is 6.03 Å². The molecule has 2 fully saturated rings. The number of fused-ring (bicyclic) bond motifs is 1. The number of carbonyl (C=O) groups excluding carboxylic acids is 1. The molecule has 4 heteroatoms. The van der Waals surface area contributed by atoms with Gasteiger partial charge in [0.2, 0.25) is 0 Å². The van der Waals surface area contributed by atoms with Crippen molar-refractivity contribution in [3.05, 3.63) is 29.8 Å². The smallest absolute Gasteiger partial charge is 0.322 e. The van der Waals surface area contributed by atoms with Crippen molar-refractivity contribution < 1.29 is 4.79 Å². The number of amides is 2. The van der Waals surface area contributed by atoms with E-state index in [9.17, 15) is 4.79 Å². The van der Waals surface area contributed by atoms with Crippen molar-refractivity contribution in [3.8, 4) is 0 Å². The third-order valence-electron chi connectivity index (χ3n) is 4.93. The molecule has 2 aliphatic rings. The van der Waals surface area contributed by atoms with E-state index in [2.05, 4.69) is 5.32 Å². The molecule has 21 heavy (non-hydrogen) atoms. The minimum absolute atomic E-state index is 0.0173. The minimum atomic E-state index is -0.0173. The molecule has 0 aromatic heterocycles. The Bertz CT molecular complexity index is 515. The van der Waals surface area contributed by atoms with Crippen molar-refractivity contribution in [2.45, 2.75) is 51.1 Å². The summed E-state index contributed by atoms with van der Waals surface area (Å²) in [5, 5.41) is 3.04. The second-order valence-corrected chi connectivity index (χ2v) is 6.44. The van der Waals surface area contributed by atoms with Gasteiger partial charge in [0, 0.05) is 24.3 Å². The number of nitrogens with one attached hydrogen (secondary N) is 1. The number of anilines is 1. The van der Waals surface area contributed by atoms with Gasteiger partial charge in [0.15, 0.2) is 0 Å². The molecule has 0 radical (unpaired) electrons. The predicted molar refractivity (Wildman–Crippen MR) is 85.1 cm³/mol. The Morgan fingerprint density at radius 3 is 2.95 bits per heavy atom. The number of carbonyl (C=O) groups is 1. The maximum absolute atomic E-state index is 12.5. The fourth-order valence-corrected chi connectivity index (χ4v) is 3.75. The van der Waals surface area contributed by atoms with E-state index in [1.54, 1.807) is 0 Å². The quantitative estimate of drug-likeness (QED) is 0.874. The van der Waals surface area contributed by atoms with E-state index in [0.717, 1.165) is 36.6 Å². The first kappa shape index (κ1) is 14.4. The number of benzene rings is 1. The zero-order valence-corrected chi connectivity index (χ0v) is 12.7. The standard InChI is InChI=1S/C17H25N3O/c1-12(18)14-6-4-7-15(11-14)19-17(21)20-10-9-13-5-2-3-8-16(13)20/h4,6-7,11-13,16H,2-3,5,8-10,18H2,1H3,(H,19,21). The van der Waals surface area contributed by atoms with Crippen LogP contribution in [0.4, 0.5) is 10.5 Å². The Kier molecular flexibility index (Phi) is 4.15. The van der Waals surface area contributed by atoms with Gasteiger partial charge in [-0.2, -0.15) is 0 Å². The van der Waals surface area contributed by atoms with E-state index < -0.39 is 0 Å². The van der Waals surface area contributed by atoms with Crippen LogP contribution in [0.3, 0.4) is 0 Å². The third kappa shape index (κ3) is 3.05. The van der Waals surface area contributed by atoms with Crippen LogP contribution in [0.25, 0.3) is 0 Å². The van der Waals surface area contributed by atoms with Gasteiger partial charge in [0.1, 0.15) is 0 Å². The van der Waals surface area contributed by atoms with Crippen molar-refractivity contribution in [2.75, 3.05) is 11.9 Å². The van der Waals surface area contributed by atoms with Crippen LogP contribution >= 0.6 is 0 Å². The van der Waals surface area contributed by atoms with E-state index in [0.29, 0.717) is 6.04 Å². The monoisotopic (exact) mass is 287 g/mol. The Balaban J connectivity index is 1.67. The van der Waals surface area contributed by atoms with E-state index in [4.69, 9.17) is 5.73 Å². The first-order chi connectivity index (χ1) is 10.1. The number of rotatable bonds is 2. The number of hydrogen-bond donors (Lipinski definition) is 2. The molecule has 3 rings (SSSR count). The summed E-state index contributed by atoms with van der Waals surface area (Å²) in [5.41, 5.74) is 7.79. The van der Waals surface area contributed by atoms with Gasteiger partial charge in [0.25, 0.3) is 0 Å². The summed E-state index contributed by atoms with van der Waals surface area (Å²) < 4.78 is 0. The average Bonchev–Trinajstić information content (AvgIpc) is 2.91. The van der Waals surface area contributed by atoms with Crippen LogP contribution in [0.15, 0.2) is 24.3 Å². The predicted octanol–water partition coefficient (Wildman–Crippen LogP) is 3.50. The van der Waals surface area contributed by atoms with Crippen molar-refractivity contribution in [3.63, 3.8) is 0 Å². The van der Waals surface area contributed by atoms with Gasteiger partial charge in [-0.1, -0.05) is 25.0 Å². The maximum atomic E-state index is 12.5. The maximum Gasteiger partial charge on any atom is 0.322 e. The Labute approximate surface area is 126 Å². The molecule has 1 saturated heterocycles. The number of nitrogens with two attached hydrogens (primary N) is 1. The summed E-state index contributed by atoms with van der Waals surface area (Å²) in [6.07, 6.45) is 6.20. The Morgan fingerprint density at radius 2 is 2.14 bits per heavy atom. The van der Waals surface area contributed by atoms with Gasteiger partial charge in [0.05, 0.1) is 0 Å². The third-order valence-corrected chi connectivity index (χ3v) is 4.93. The molecule has 0 spiro atoms. The fourth-order valence-electron chi connectivity index (χ4n) is 3.75. The highest BCUT2D eigenvalue weighted by molar-refractivity contribution is 5.89. The van der Waals surface area contributed by atoms with Gasteiger partial charge in [-0.25, -0.2) is 4.79 Å². The first-order valence-corrected chi connectivity index (χ1v) is 8.08. The van der Waals surface area contributed by atoms with Crippen LogP contribution in [-0.2, 0) is 0 Å². The highest BCUT2D eigenvalue weighted by Gasteiger charge is 2.38. The highest BCUT2D eigenvalue weighted by Crippen LogP contribution is 2.36. The second-order valence-electron chi connectivity index (χ2n) is 6.44. The van der Waals surface area contributed by atoms with E-state index in [1.165, 1.54) is 19.3 Å². The molecule has 1 aromatic rings. The van der Waals surface area contributed by atoms with E-state index in [-0.39, 0.29) is 12.1 Å². The van der Waals surface area contributed by atoms with Crippen molar-refractivity contribution in [1.82, 2.24) is 4.90 Å². The fraction of sp³-hybridized carbons (Fsp3) is 0.588. The first-order valence-electron chi connectivity index (χ1n) is 8.08. The molecule has 1 heterocycles. The second kappa shape index (κ2) is 6.06. The molecular weight excluding hydrogens is 262 g/mol. The molecule has 1 aliphatic heterocycles. The van der Waals surface area contributed by atoms with Crippen LogP contribution in [-0.4, -0.2) is 23.5 Å². The number of likely N-dealkylation sites (tertiary alicyclic amines) is 1. The SMILES string of the molecule is CC(N)c1cccc(NC(=O)N2CCC3CCCCC32)c1. The topological polar surface area (TPSA) is 58.4 Å². The molecule has 3 N–H and O–H groups in total. The number of urea groups is 1. The molecule has 2 amide bonds. The van der Waals surface area contributed by atoms with Gasteiger partial charge in [-0.05, 0) is 49.8 Å². The van der Waals surface area contributed by atoms with E-state index >= 15 is 0 Å². The van der Waals surface area contributed by atoms with Crippen LogP contribution in [0, 0.1) is 5.92 Å². The highest BCUT2D eigenvalue weighted by atomic mass is 16.2. The lowest BCUT2D eigenvalue weighted by atomic mass is 9.85. The van der Waals surface area contributed by atoms with Gasteiger partial charge in [-0.3, -0.25) is 0 Å². The molecule has 1 aliphatic carbocycles. The zero-order chi connectivity index (χ0) is 14.8. The summed E-state index contributed by atoms with van der Waals surface area (Å²) in [5.74, 6) is 0.722. The lowest BCUT2D eigenvalue weighted by Gasteiger charge is -2.31. The molecule has 3 unspecified atom stereocenters. The summed E-state index contributed by atoms with van der Waals surface area (Å²) in [7, 11) is 0. The average molecular weight is 287 g/mol. The van der Waals surface area contributed by atoms with Crippen LogP contribution < -0.4 is 11.1 Å². The number of nitrogens with zero attached hydrogens (tertiary/aromatic N) is 1. The summed E-state index contributed by atoms with van der Waals surface area (Å²) in [6, 6.07) is 8.32. The minimum Gasteiger partial charge on any atom is -0.324 e. The van der Waals surface area contributed by atoms with Crippen molar-refractivity contribution in [2.24, 2.45) is 11.7 Å². The van der Waals surface area contributed by atoms with Crippen molar-refractivity contribution in [1.29, 1.82) is 0 Å². The lowest BCUT2D eigenvalue weighted by Crippen LogP contribution is -2.41. The summed E-state index contributed by atoms with van der Waals surface area (Å²) >= 11 is 0. The number of hydrogen-bond acceptors (Lipinski definition) is 2. The Hall–Kier alpha value is -1.55. The lowest BCUT2D eigenvalue weighted by molar-refractivity contribution is 0.182. The van der Waals surface area contributed by atoms with Crippen molar-refractivity contribution >= 4 is 11.7 Å². The van der Waals surface area contributed by atoms with E-state index in [1.807, 2.05) is 36.1 Å². The van der Waals surface area contributed by atoms with Crippen LogP contribution in [0.5, 0.6) is 0 Å². The van der Waals surface area contributed by atoms with Gasteiger partial charge < -0.3 is 16.0 Å². The Morgan fingerprint density at radius 1 is 1.33 bits per heavy atom. The van der Waals surface area contributed by atoms with Crippen LogP contribution in [0.1, 0.15) is 50.6 Å². The molecule has 0 bridgehead atoms. The molecular formula is C17H25N3O. The molecule has 3 atom stereocenters. The summed E-state index contributed by atoms with van der Waals surface area (Å²) in [4.78, 5) is 14.6. The largest absolute Gasteiger partial charge is 0.324 e. The molecule has 1 saturated carbocycles. The molecule has 1 aromatic carbocycles. The zero-order valence-electron chi connectivity index (χ0n) is 12.7. The van der Waals surface area contributed by atoms with Gasteiger partial charge in [-0.15, -0.1) is 0 Å².